The molecule has 0 radical (unpaired) electrons. The van der Waals surface area contributed by atoms with Gasteiger partial charge in [0.15, 0.2) is 0 Å². The zero-order valence-corrected chi connectivity index (χ0v) is 14.4. The summed E-state index contributed by atoms with van der Waals surface area (Å²) in [6.45, 7) is 1.76. The fourth-order valence-electron chi connectivity index (χ4n) is 2.74. The quantitative estimate of drug-likeness (QED) is 0.760. The summed E-state index contributed by atoms with van der Waals surface area (Å²) in [6, 6.07) is 7.16. The number of carbonyl (C=O) groups is 1. The Balaban J connectivity index is 1.47. The molecule has 7 nitrogen and oxygen atoms in total. The average molecular weight is 355 g/mol. The molecule has 0 bridgehead atoms. The standard InChI is InChI=1S/C18H18FN5O2/c1-10(18-21-16(23-26-18)12-5-7-13(19)8-6-12)20-17(25)15-9-14(11-3-4-11)22-24(15)2/h5-11H,3-4H2,1-2H3,(H,20,25). The summed E-state index contributed by atoms with van der Waals surface area (Å²) in [5, 5.41) is 11.1. The highest BCUT2D eigenvalue weighted by Crippen LogP contribution is 2.39. The summed E-state index contributed by atoms with van der Waals surface area (Å²) < 4.78 is 19.8. The van der Waals surface area contributed by atoms with E-state index in [0.29, 0.717) is 23.0 Å². The molecule has 2 heterocycles. The van der Waals surface area contributed by atoms with E-state index in [0.717, 1.165) is 18.5 Å². The first-order valence-corrected chi connectivity index (χ1v) is 8.45. The first-order valence-electron chi connectivity index (χ1n) is 8.45. The predicted molar refractivity (Wildman–Crippen MR) is 90.8 cm³/mol. The van der Waals surface area contributed by atoms with Gasteiger partial charge in [-0.15, -0.1) is 0 Å². The van der Waals surface area contributed by atoms with E-state index in [1.54, 1.807) is 30.8 Å². The molecule has 1 unspecified atom stereocenters. The lowest BCUT2D eigenvalue weighted by Gasteiger charge is -2.09. The number of halogens is 1. The van der Waals surface area contributed by atoms with Crippen LogP contribution >= 0.6 is 0 Å². The van der Waals surface area contributed by atoms with Gasteiger partial charge in [-0.3, -0.25) is 9.48 Å². The van der Waals surface area contributed by atoms with Crippen molar-refractivity contribution in [2.45, 2.75) is 31.7 Å². The molecular weight excluding hydrogens is 337 g/mol. The smallest absolute Gasteiger partial charge is 0.270 e. The van der Waals surface area contributed by atoms with Gasteiger partial charge in [-0.05, 0) is 50.1 Å². The molecule has 26 heavy (non-hydrogen) atoms. The molecule has 134 valence electrons. The molecule has 1 aliphatic carbocycles. The van der Waals surface area contributed by atoms with Crippen LogP contribution in [0.1, 0.15) is 53.8 Å². The van der Waals surface area contributed by atoms with Crippen molar-refractivity contribution in [3.8, 4) is 11.4 Å². The van der Waals surface area contributed by atoms with E-state index < -0.39 is 6.04 Å². The monoisotopic (exact) mass is 355 g/mol. The molecule has 3 aromatic rings. The predicted octanol–water partition coefficient (Wildman–Crippen LogP) is 2.98. The Morgan fingerprint density at radius 1 is 1.35 bits per heavy atom. The summed E-state index contributed by atoms with van der Waals surface area (Å²) in [7, 11) is 1.75. The van der Waals surface area contributed by atoms with Crippen LogP contribution in [0.5, 0.6) is 0 Å². The molecule has 2 aromatic heterocycles. The molecule has 1 atom stereocenters. The van der Waals surface area contributed by atoms with Crippen molar-refractivity contribution in [1.82, 2.24) is 25.2 Å². The Bertz CT molecular complexity index is 943. The minimum atomic E-state index is -0.469. The second kappa shape index (κ2) is 6.36. The Morgan fingerprint density at radius 2 is 2.08 bits per heavy atom. The van der Waals surface area contributed by atoms with Crippen LogP contribution in [-0.4, -0.2) is 25.8 Å². The Labute approximate surface area is 149 Å². The second-order valence-electron chi connectivity index (χ2n) is 6.51. The summed E-state index contributed by atoms with van der Waals surface area (Å²) in [5.41, 5.74) is 2.10. The van der Waals surface area contributed by atoms with E-state index in [1.165, 1.54) is 12.1 Å². The summed E-state index contributed by atoms with van der Waals surface area (Å²) in [4.78, 5) is 16.8. The third-order valence-corrected chi connectivity index (χ3v) is 4.39. The molecule has 4 rings (SSSR count). The lowest BCUT2D eigenvalue weighted by molar-refractivity contribution is 0.0923. The SMILES string of the molecule is CC(NC(=O)c1cc(C2CC2)nn1C)c1nc(-c2ccc(F)cc2)no1. The van der Waals surface area contributed by atoms with Gasteiger partial charge >= 0.3 is 0 Å². The zero-order valence-electron chi connectivity index (χ0n) is 14.4. The fourth-order valence-corrected chi connectivity index (χ4v) is 2.74. The topological polar surface area (TPSA) is 85.8 Å². The molecule has 1 fully saturated rings. The number of nitrogens with zero attached hydrogens (tertiary/aromatic N) is 4. The van der Waals surface area contributed by atoms with Gasteiger partial charge < -0.3 is 9.84 Å². The third-order valence-electron chi connectivity index (χ3n) is 4.39. The largest absolute Gasteiger partial charge is 0.339 e. The molecule has 1 aliphatic rings. The van der Waals surface area contributed by atoms with Gasteiger partial charge in [0, 0.05) is 18.5 Å². The summed E-state index contributed by atoms with van der Waals surface area (Å²) in [5.74, 6) is 0.523. The van der Waals surface area contributed by atoms with Crippen molar-refractivity contribution in [3.63, 3.8) is 0 Å². The normalized spacial score (nSPS) is 15.0. The number of hydrogen-bond acceptors (Lipinski definition) is 5. The number of aryl methyl sites for hydroxylation is 1. The highest BCUT2D eigenvalue weighted by molar-refractivity contribution is 5.92. The van der Waals surface area contributed by atoms with Crippen LogP contribution in [0.4, 0.5) is 4.39 Å². The first-order chi connectivity index (χ1) is 12.5. The van der Waals surface area contributed by atoms with E-state index in [4.69, 9.17) is 4.52 Å². The maximum atomic E-state index is 13.0. The maximum absolute atomic E-state index is 13.0. The number of benzene rings is 1. The molecule has 1 amide bonds. The van der Waals surface area contributed by atoms with Crippen LogP contribution in [-0.2, 0) is 7.05 Å². The summed E-state index contributed by atoms with van der Waals surface area (Å²) >= 11 is 0. The number of nitrogens with one attached hydrogen (secondary N) is 1. The van der Waals surface area contributed by atoms with Crippen LogP contribution in [0.2, 0.25) is 0 Å². The van der Waals surface area contributed by atoms with Crippen molar-refractivity contribution in [1.29, 1.82) is 0 Å². The lowest BCUT2D eigenvalue weighted by Crippen LogP contribution is -2.28. The Morgan fingerprint density at radius 3 is 2.77 bits per heavy atom. The van der Waals surface area contributed by atoms with E-state index in [-0.39, 0.29) is 17.6 Å². The molecule has 1 N–H and O–H groups in total. The van der Waals surface area contributed by atoms with E-state index >= 15 is 0 Å². The number of hydrogen-bond donors (Lipinski definition) is 1. The van der Waals surface area contributed by atoms with Crippen LogP contribution in [0.3, 0.4) is 0 Å². The molecular formula is C18H18FN5O2. The Kier molecular flexibility index (Phi) is 4.02. The van der Waals surface area contributed by atoms with Gasteiger partial charge in [0.2, 0.25) is 11.7 Å². The van der Waals surface area contributed by atoms with Gasteiger partial charge in [0.25, 0.3) is 5.91 Å². The van der Waals surface area contributed by atoms with Crippen LogP contribution in [0.25, 0.3) is 11.4 Å². The van der Waals surface area contributed by atoms with E-state index in [2.05, 4.69) is 20.6 Å². The highest BCUT2D eigenvalue weighted by atomic mass is 19.1. The minimum Gasteiger partial charge on any atom is -0.339 e. The maximum Gasteiger partial charge on any atom is 0.270 e. The van der Waals surface area contributed by atoms with Gasteiger partial charge in [0.05, 0.1) is 5.69 Å². The van der Waals surface area contributed by atoms with Crippen LogP contribution in [0, 0.1) is 5.82 Å². The molecule has 8 heteroatoms. The zero-order chi connectivity index (χ0) is 18.3. The third kappa shape index (κ3) is 3.22. The van der Waals surface area contributed by atoms with Crippen molar-refractivity contribution in [2.24, 2.45) is 7.05 Å². The molecule has 1 aromatic carbocycles. The van der Waals surface area contributed by atoms with E-state index in [9.17, 15) is 9.18 Å². The average Bonchev–Trinajstić information content (AvgIpc) is 3.21. The van der Waals surface area contributed by atoms with Gasteiger partial charge in [-0.1, -0.05) is 5.16 Å². The number of amides is 1. The number of carbonyl (C=O) groups excluding carboxylic acids is 1. The lowest BCUT2D eigenvalue weighted by atomic mass is 10.2. The Hall–Kier alpha value is -3.03. The van der Waals surface area contributed by atoms with Crippen molar-refractivity contribution in [2.75, 3.05) is 0 Å². The highest BCUT2D eigenvalue weighted by Gasteiger charge is 2.28. The number of aromatic nitrogens is 4. The van der Waals surface area contributed by atoms with Crippen LogP contribution < -0.4 is 5.32 Å². The van der Waals surface area contributed by atoms with Gasteiger partial charge in [-0.25, -0.2) is 4.39 Å². The molecule has 1 saturated carbocycles. The van der Waals surface area contributed by atoms with Gasteiger partial charge in [0.1, 0.15) is 17.6 Å². The minimum absolute atomic E-state index is 0.249. The van der Waals surface area contributed by atoms with Crippen LogP contribution in [0.15, 0.2) is 34.9 Å². The van der Waals surface area contributed by atoms with Crippen molar-refractivity contribution < 1.29 is 13.7 Å². The van der Waals surface area contributed by atoms with Crippen molar-refractivity contribution in [3.05, 3.63) is 53.4 Å². The summed E-state index contributed by atoms with van der Waals surface area (Å²) in [6.07, 6.45) is 2.26. The second-order valence-corrected chi connectivity index (χ2v) is 6.51. The molecule has 0 aliphatic heterocycles. The fraction of sp³-hybridized carbons (Fsp3) is 0.333. The molecule has 0 spiro atoms. The van der Waals surface area contributed by atoms with E-state index in [1.807, 2.05) is 6.07 Å². The van der Waals surface area contributed by atoms with Crippen molar-refractivity contribution >= 4 is 5.91 Å². The van der Waals surface area contributed by atoms with Gasteiger partial charge in [-0.2, -0.15) is 10.1 Å². The molecule has 0 saturated heterocycles. The first kappa shape index (κ1) is 16.4. The number of rotatable bonds is 5.